The van der Waals surface area contributed by atoms with Gasteiger partial charge < -0.3 is 15.3 Å². The molecule has 0 radical (unpaired) electrons. The van der Waals surface area contributed by atoms with Crippen LogP contribution in [-0.2, 0) is 4.79 Å². The number of anilines is 2. The van der Waals surface area contributed by atoms with Crippen LogP contribution in [0.25, 0.3) is 0 Å². The van der Waals surface area contributed by atoms with Gasteiger partial charge >= 0.3 is 5.97 Å². The monoisotopic (exact) mass is 264 g/mol. The van der Waals surface area contributed by atoms with E-state index >= 15 is 0 Å². The number of piperidine rings is 1. The van der Waals surface area contributed by atoms with Gasteiger partial charge in [0, 0.05) is 31.5 Å². The summed E-state index contributed by atoms with van der Waals surface area (Å²) in [4.78, 5) is 21.8. The number of carboxylic acids is 1. The molecule has 0 amide bonds. The van der Waals surface area contributed by atoms with Gasteiger partial charge in [-0.1, -0.05) is 0 Å². The SMILES string of the molecule is CC(C)Nc1nccnc1N1CCC(C(=O)O)CC1. The fourth-order valence-corrected chi connectivity index (χ4v) is 2.28. The number of nitrogens with one attached hydrogen (secondary N) is 1. The van der Waals surface area contributed by atoms with Crippen LogP contribution >= 0.6 is 0 Å². The second-order valence-corrected chi connectivity index (χ2v) is 5.13. The topological polar surface area (TPSA) is 78.4 Å². The van der Waals surface area contributed by atoms with Gasteiger partial charge in [-0.2, -0.15) is 0 Å². The number of rotatable bonds is 4. The molecule has 0 aromatic carbocycles. The lowest BCUT2D eigenvalue weighted by Crippen LogP contribution is -2.37. The maximum Gasteiger partial charge on any atom is 0.306 e. The second kappa shape index (κ2) is 5.86. The third-order valence-electron chi connectivity index (χ3n) is 3.25. The Morgan fingerprint density at radius 2 is 2.00 bits per heavy atom. The van der Waals surface area contributed by atoms with Gasteiger partial charge in [-0.3, -0.25) is 4.79 Å². The van der Waals surface area contributed by atoms with E-state index in [2.05, 4.69) is 34.0 Å². The number of hydrogen-bond acceptors (Lipinski definition) is 5. The van der Waals surface area contributed by atoms with Crippen molar-refractivity contribution in [3.8, 4) is 0 Å². The van der Waals surface area contributed by atoms with Crippen molar-refractivity contribution in [3.05, 3.63) is 12.4 Å². The standard InChI is InChI=1S/C13H20N4O2/c1-9(2)16-11-12(15-6-5-14-11)17-7-3-10(4-8-17)13(18)19/h5-6,9-10H,3-4,7-8H2,1-2H3,(H,14,16)(H,18,19). The molecular weight excluding hydrogens is 244 g/mol. The molecule has 1 aromatic rings. The molecule has 2 heterocycles. The van der Waals surface area contributed by atoms with Gasteiger partial charge in [-0.15, -0.1) is 0 Å². The molecule has 0 bridgehead atoms. The number of aromatic nitrogens is 2. The Balaban J connectivity index is 2.08. The molecule has 0 spiro atoms. The van der Waals surface area contributed by atoms with Crippen LogP contribution in [0.5, 0.6) is 0 Å². The molecule has 2 N–H and O–H groups in total. The summed E-state index contributed by atoms with van der Waals surface area (Å²) in [5, 5.41) is 12.3. The molecule has 0 atom stereocenters. The van der Waals surface area contributed by atoms with E-state index in [0.717, 1.165) is 11.6 Å². The first-order chi connectivity index (χ1) is 9.08. The maximum atomic E-state index is 11.0. The third-order valence-corrected chi connectivity index (χ3v) is 3.25. The summed E-state index contributed by atoms with van der Waals surface area (Å²) in [5.74, 6) is 0.667. The first-order valence-electron chi connectivity index (χ1n) is 6.63. The van der Waals surface area contributed by atoms with Crippen molar-refractivity contribution >= 4 is 17.6 Å². The molecule has 0 aliphatic carbocycles. The Bertz CT molecular complexity index is 442. The molecule has 19 heavy (non-hydrogen) atoms. The quantitative estimate of drug-likeness (QED) is 0.860. The molecule has 0 saturated carbocycles. The third kappa shape index (κ3) is 3.33. The van der Waals surface area contributed by atoms with Gasteiger partial charge in [0.05, 0.1) is 5.92 Å². The molecule has 1 aliphatic heterocycles. The summed E-state index contributed by atoms with van der Waals surface area (Å²) < 4.78 is 0. The van der Waals surface area contributed by atoms with Crippen LogP contribution in [-0.4, -0.2) is 40.2 Å². The number of hydrogen-bond donors (Lipinski definition) is 2. The van der Waals surface area contributed by atoms with E-state index in [0.29, 0.717) is 25.9 Å². The largest absolute Gasteiger partial charge is 0.481 e. The minimum absolute atomic E-state index is 0.227. The highest BCUT2D eigenvalue weighted by Crippen LogP contribution is 2.26. The van der Waals surface area contributed by atoms with E-state index < -0.39 is 5.97 Å². The first kappa shape index (κ1) is 13.6. The van der Waals surface area contributed by atoms with Crippen molar-refractivity contribution in [3.63, 3.8) is 0 Å². The fourth-order valence-electron chi connectivity index (χ4n) is 2.28. The lowest BCUT2D eigenvalue weighted by Gasteiger charge is -2.32. The Kier molecular flexibility index (Phi) is 4.19. The predicted octanol–water partition coefficient (Wildman–Crippen LogP) is 1.60. The van der Waals surface area contributed by atoms with Crippen molar-refractivity contribution in [2.45, 2.75) is 32.7 Å². The Hall–Kier alpha value is -1.85. The van der Waals surface area contributed by atoms with Crippen LogP contribution in [0.3, 0.4) is 0 Å². The zero-order valence-electron chi connectivity index (χ0n) is 11.3. The van der Waals surface area contributed by atoms with E-state index in [4.69, 9.17) is 5.11 Å². The van der Waals surface area contributed by atoms with Gasteiger partial charge in [-0.05, 0) is 26.7 Å². The highest BCUT2D eigenvalue weighted by atomic mass is 16.4. The second-order valence-electron chi connectivity index (χ2n) is 5.13. The van der Waals surface area contributed by atoms with Gasteiger partial charge in [0.25, 0.3) is 0 Å². The molecule has 104 valence electrons. The van der Waals surface area contributed by atoms with Crippen LogP contribution in [0.4, 0.5) is 11.6 Å². The molecular formula is C13H20N4O2. The maximum absolute atomic E-state index is 11.0. The Morgan fingerprint density at radius 3 is 2.58 bits per heavy atom. The summed E-state index contributed by atoms with van der Waals surface area (Å²) in [6.45, 7) is 5.52. The van der Waals surface area contributed by atoms with E-state index in [-0.39, 0.29) is 12.0 Å². The van der Waals surface area contributed by atoms with E-state index in [1.807, 2.05) is 0 Å². The van der Waals surface area contributed by atoms with Crippen LogP contribution in [0.1, 0.15) is 26.7 Å². The minimum atomic E-state index is -0.695. The van der Waals surface area contributed by atoms with Crippen molar-refractivity contribution in [2.75, 3.05) is 23.3 Å². The van der Waals surface area contributed by atoms with Crippen molar-refractivity contribution in [1.82, 2.24) is 9.97 Å². The summed E-state index contributed by atoms with van der Waals surface area (Å²) >= 11 is 0. The van der Waals surface area contributed by atoms with E-state index in [1.54, 1.807) is 12.4 Å². The number of nitrogens with zero attached hydrogens (tertiary/aromatic N) is 3. The number of aliphatic carboxylic acids is 1. The van der Waals surface area contributed by atoms with Gasteiger partial charge in [0.15, 0.2) is 11.6 Å². The van der Waals surface area contributed by atoms with Crippen LogP contribution in [0.15, 0.2) is 12.4 Å². The number of carboxylic acid groups (broad SMARTS) is 1. The summed E-state index contributed by atoms with van der Waals surface area (Å²) in [6, 6.07) is 0.284. The van der Waals surface area contributed by atoms with Gasteiger partial charge in [-0.25, -0.2) is 9.97 Å². The molecule has 6 nitrogen and oxygen atoms in total. The average molecular weight is 264 g/mol. The zero-order chi connectivity index (χ0) is 13.8. The molecule has 1 aromatic heterocycles. The molecule has 1 aliphatic rings. The van der Waals surface area contributed by atoms with Gasteiger partial charge in [0.1, 0.15) is 0 Å². The first-order valence-corrected chi connectivity index (χ1v) is 6.63. The molecule has 1 fully saturated rings. The lowest BCUT2D eigenvalue weighted by molar-refractivity contribution is -0.142. The Morgan fingerprint density at radius 1 is 1.37 bits per heavy atom. The van der Waals surface area contributed by atoms with Crippen LogP contribution < -0.4 is 10.2 Å². The van der Waals surface area contributed by atoms with Crippen molar-refractivity contribution in [1.29, 1.82) is 0 Å². The van der Waals surface area contributed by atoms with Crippen molar-refractivity contribution in [2.24, 2.45) is 5.92 Å². The summed E-state index contributed by atoms with van der Waals surface area (Å²) in [5.41, 5.74) is 0. The number of carbonyl (C=O) groups is 1. The zero-order valence-corrected chi connectivity index (χ0v) is 11.3. The smallest absolute Gasteiger partial charge is 0.306 e. The van der Waals surface area contributed by atoms with Gasteiger partial charge in [0.2, 0.25) is 0 Å². The molecule has 0 unspecified atom stereocenters. The van der Waals surface area contributed by atoms with Crippen molar-refractivity contribution < 1.29 is 9.90 Å². The average Bonchev–Trinajstić information content (AvgIpc) is 2.39. The summed E-state index contributed by atoms with van der Waals surface area (Å²) in [7, 11) is 0. The van der Waals surface area contributed by atoms with Crippen LogP contribution in [0, 0.1) is 5.92 Å². The molecule has 2 rings (SSSR count). The van der Waals surface area contributed by atoms with E-state index in [9.17, 15) is 4.79 Å². The van der Waals surface area contributed by atoms with E-state index in [1.165, 1.54) is 0 Å². The predicted molar refractivity (Wildman–Crippen MR) is 73.4 cm³/mol. The fraction of sp³-hybridized carbons (Fsp3) is 0.615. The lowest BCUT2D eigenvalue weighted by atomic mass is 9.97. The Labute approximate surface area is 112 Å². The normalized spacial score (nSPS) is 16.7. The van der Waals surface area contributed by atoms with Crippen LogP contribution in [0.2, 0.25) is 0 Å². The highest BCUT2D eigenvalue weighted by molar-refractivity contribution is 5.70. The minimum Gasteiger partial charge on any atom is -0.481 e. The molecule has 1 saturated heterocycles. The molecule has 6 heteroatoms. The highest BCUT2D eigenvalue weighted by Gasteiger charge is 2.26. The summed E-state index contributed by atoms with van der Waals surface area (Å²) in [6.07, 6.45) is 4.66.